The molecule has 2 nitrogen and oxygen atoms in total. The molecular formula is C10H10ClFO2. The molecule has 0 spiro atoms. The van der Waals surface area contributed by atoms with Gasteiger partial charge in [0.2, 0.25) is 0 Å². The van der Waals surface area contributed by atoms with Crippen LogP contribution in [-0.2, 0) is 11.2 Å². The van der Waals surface area contributed by atoms with Gasteiger partial charge < -0.3 is 9.53 Å². The van der Waals surface area contributed by atoms with Gasteiger partial charge in [0.15, 0.2) is 11.6 Å². The van der Waals surface area contributed by atoms with E-state index in [-0.39, 0.29) is 5.75 Å². The van der Waals surface area contributed by atoms with Crippen molar-refractivity contribution in [2.24, 2.45) is 0 Å². The SMILES string of the molecule is COc1c(F)cc(Cl)cc1CCC=O. The Morgan fingerprint density at radius 1 is 1.57 bits per heavy atom. The largest absolute Gasteiger partial charge is 0.493 e. The van der Waals surface area contributed by atoms with E-state index in [9.17, 15) is 9.18 Å². The number of aldehydes is 1. The fourth-order valence-corrected chi connectivity index (χ4v) is 1.47. The predicted molar refractivity (Wildman–Crippen MR) is 52.3 cm³/mol. The van der Waals surface area contributed by atoms with Gasteiger partial charge in [-0.25, -0.2) is 4.39 Å². The first-order chi connectivity index (χ1) is 6.69. The summed E-state index contributed by atoms with van der Waals surface area (Å²) in [6, 6.07) is 2.79. The van der Waals surface area contributed by atoms with E-state index in [0.29, 0.717) is 23.4 Å². The Balaban J connectivity index is 3.04. The average Bonchev–Trinajstić information content (AvgIpc) is 2.14. The maximum absolute atomic E-state index is 13.2. The summed E-state index contributed by atoms with van der Waals surface area (Å²) < 4.78 is 18.1. The van der Waals surface area contributed by atoms with Crippen molar-refractivity contribution >= 4 is 17.9 Å². The van der Waals surface area contributed by atoms with Crippen molar-refractivity contribution in [2.75, 3.05) is 7.11 Å². The first-order valence-corrected chi connectivity index (χ1v) is 4.52. The van der Waals surface area contributed by atoms with Gasteiger partial charge in [-0.05, 0) is 24.1 Å². The van der Waals surface area contributed by atoms with Crippen LogP contribution < -0.4 is 4.74 Å². The molecule has 14 heavy (non-hydrogen) atoms. The lowest BCUT2D eigenvalue weighted by Crippen LogP contribution is -1.96. The molecule has 0 amide bonds. The number of methoxy groups -OCH3 is 1. The molecule has 0 saturated carbocycles. The molecule has 0 aliphatic rings. The van der Waals surface area contributed by atoms with E-state index >= 15 is 0 Å². The molecule has 0 unspecified atom stereocenters. The van der Waals surface area contributed by atoms with E-state index < -0.39 is 5.82 Å². The van der Waals surface area contributed by atoms with E-state index in [2.05, 4.69) is 0 Å². The Morgan fingerprint density at radius 2 is 2.29 bits per heavy atom. The Kier molecular flexibility index (Phi) is 3.89. The topological polar surface area (TPSA) is 26.3 Å². The van der Waals surface area contributed by atoms with Crippen LogP contribution in [0.4, 0.5) is 4.39 Å². The predicted octanol–water partition coefficient (Wildman–Crippen LogP) is 2.62. The van der Waals surface area contributed by atoms with Crippen LogP contribution >= 0.6 is 11.6 Å². The summed E-state index contributed by atoms with van der Waals surface area (Å²) in [5.41, 5.74) is 0.615. The van der Waals surface area contributed by atoms with E-state index in [1.165, 1.54) is 13.2 Å². The smallest absolute Gasteiger partial charge is 0.166 e. The second-order valence-corrected chi connectivity index (χ2v) is 3.22. The average molecular weight is 217 g/mol. The van der Waals surface area contributed by atoms with Crippen LogP contribution in [0.15, 0.2) is 12.1 Å². The minimum absolute atomic E-state index is 0.163. The van der Waals surface area contributed by atoms with Crippen molar-refractivity contribution in [3.63, 3.8) is 0 Å². The minimum Gasteiger partial charge on any atom is -0.493 e. The Morgan fingerprint density at radius 3 is 2.86 bits per heavy atom. The third kappa shape index (κ3) is 2.45. The lowest BCUT2D eigenvalue weighted by Gasteiger charge is -2.08. The van der Waals surface area contributed by atoms with Crippen LogP contribution in [0, 0.1) is 5.82 Å². The number of aryl methyl sites for hydroxylation is 1. The maximum Gasteiger partial charge on any atom is 0.166 e. The number of benzene rings is 1. The van der Waals surface area contributed by atoms with Crippen molar-refractivity contribution in [1.29, 1.82) is 0 Å². The minimum atomic E-state index is -0.499. The molecular weight excluding hydrogens is 207 g/mol. The molecule has 4 heteroatoms. The van der Waals surface area contributed by atoms with Gasteiger partial charge in [0.25, 0.3) is 0 Å². The Bertz CT molecular complexity index is 339. The highest BCUT2D eigenvalue weighted by Gasteiger charge is 2.10. The van der Waals surface area contributed by atoms with Gasteiger partial charge in [-0.1, -0.05) is 11.6 Å². The van der Waals surface area contributed by atoms with Crippen molar-refractivity contribution in [2.45, 2.75) is 12.8 Å². The zero-order chi connectivity index (χ0) is 10.6. The van der Waals surface area contributed by atoms with Crippen molar-refractivity contribution in [3.05, 3.63) is 28.5 Å². The number of rotatable bonds is 4. The fourth-order valence-electron chi connectivity index (χ4n) is 1.24. The number of carbonyl (C=O) groups is 1. The van der Waals surface area contributed by atoms with Crippen LogP contribution in [0.25, 0.3) is 0 Å². The van der Waals surface area contributed by atoms with E-state index in [4.69, 9.17) is 16.3 Å². The highest BCUT2D eigenvalue weighted by Crippen LogP contribution is 2.27. The summed E-state index contributed by atoms with van der Waals surface area (Å²) in [5, 5.41) is 0.309. The Hall–Kier alpha value is -1.09. The monoisotopic (exact) mass is 216 g/mol. The highest BCUT2D eigenvalue weighted by molar-refractivity contribution is 6.30. The quantitative estimate of drug-likeness (QED) is 0.724. The molecule has 0 N–H and O–H groups in total. The van der Waals surface area contributed by atoms with Crippen LogP contribution in [0.5, 0.6) is 5.75 Å². The van der Waals surface area contributed by atoms with Gasteiger partial charge in [-0.2, -0.15) is 0 Å². The molecule has 1 aromatic carbocycles. The van der Waals surface area contributed by atoms with Crippen LogP contribution in [0.2, 0.25) is 5.02 Å². The summed E-state index contributed by atoms with van der Waals surface area (Å²) in [4.78, 5) is 10.2. The van der Waals surface area contributed by atoms with Gasteiger partial charge in [-0.3, -0.25) is 0 Å². The van der Waals surface area contributed by atoms with E-state index in [0.717, 1.165) is 6.29 Å². The van der Waals surface area contributed by atoms with Crippen LogP contribution in [0.3, 0.4) is 0 Å². The number of halogens is 2. The summed E-state index contributed by atoms with van der Waals surface area (Å²) >= 11 is 5.67. The molecule has 0 atom stereocenters. The standard InChI is InChI=1S/C10H10ClFO2/c1-14-10-7(3-2-4-13)5-8(11)6-9(10)12/h4-6H,2-3H2,1H3. The van der Waals surface area contributed by atoms with Crippen molar-refractivity contribution in [1.82, 2.24) is 0 Å². The van der Waals surface area contributed by atoms with Gasteiger partial charge in [0.1, 0.15) is 6.29 Å². The molecule has 0 saturated heterocycles. The van der Waals surface area contributed by atoms with E-state index in [1.807, 2.05) is 0 Å². The zero-order valence-corrected chi connectivity index (χ0v) is 8.47. The molecule has 1 rings (SSSR count). The van der Waals surface area contributed by atoms with E-state index in [1.54, 1.807) is 6.07 Å². The molecule has 0 heterocycles. The summed E-state index contributed by atoms with van der Waals surface area (Å²) in [6.07, 6.45) is 1.54. The summed E-state index contributed by atoms with van der Waals surface area (Å²) in [6.45, 7) is 0. The second kappa shape index (κ2) is 4.96. The van der Waals surface area contributed by atoms with Gasteiger partial charge in [0, 0.05) is 11.4 Å². The third-order valence-corrected chi connectivity index (χ3v) is 2.04. The fraction of sp³-hybridized carbons (Fsp3) is 0.300. The number of hydrogen-bond donors (Lipinski definition) is 0. The van der Waals surface area contributed by atoms with Gasteiger partial charge in [-0.15, -0.1) is 0 Å². The van der Waals surface area contributed by atoms with Gasteiger partial charge in [0.05, 0.1) is 7.11 Å². The molecule has 0 radical (unpaired) electrons. The molecule has 0 aliphatic carbocycles. The van der Waals surface area contributed by atoms with Crippen molar-refractivity contribution in [3.8, 4) is 5.75 Å². The van der Waals surface area contributed by atoms with Crippen LogP contribution in [0.1, 0.15) is 12.0 Å². The summed E-state index contributed by atoms with van der Waals surface area (Å²) in [5.74, 6) is -0.336. The molecule has 0 aliphatic heterocycles. The molecule has 0 aromatic heterocycles. The molecule has 0 bridgehead atoms. The van der Waals surface area contributed by atoms with Crippen molar-refractivity contribution < 1.29 is 13.9 Å². The zero-order valence-electron chi connectivity index (χ0n) is 7.72. The third-order valence-electron chi connectivity index (χ3n) is 1.82. The summed E-state index contributed by atoms with van der Waals surface area (Å²) in [7, 11) is 1.39. The molecule has 76 valence electrons. The first-order valence-electron chi connectivity index (χ1n) is 4.14. The molecule has 0 fully saturated rings. The number of ether oxygens (including phenoxy) is 1. The lowest BCUT2D eigenvalue weighted by atomic mass is 10.1. The number of hydrogen-bond acceptors (Lipinski definition) is 2. The maximum atomic E-state index is 13.2. The Labute approximate surface area is 86.6 Å². The van der Waals surface area contributed by atoms with Gasteiger partial charge >= 0.3 is 0 Å². The normalized spacial score (nSPS) is 9.93. The molecule has 1 aromatic rings. The van der Waals surface area contributed by atoms with Crippen LogP contribution in [-0.4, -0.2) is 13.4 Å². The lowest BCUT2D eigenvalue weighted by molar-refractivity contribution is -0.107. The first kappa shape index (κ1) is 11.0. The second-order valence-electron chi connectivity index (χ2n) is 2.79. The number of carbonyl (C=O) groups excluding carboxylic acids is 1. The highest BCUT2D eigenvalue weighted by atomic mass is 35.5.